The summed E-state index contributed by atoms with van der Waals surface area (Å²) in [4.78, 5) is 13.7. The van der Waals surface area contributed by atoms with Crippen LogP contribution in [-0.2, 0) is 11.3 Å². The van der Waals surface area contributed by atoms with Crippen LogP contribution < -0.4 is 0 Å². The van der Waals surface area contributed by atoms with Crippen LogP contribution in [0.4, 0.5) is 0 Å². The number of phenols is 1. The molecule has 1 atom stereocenters. The van der Waals surface area contributed by atoms with E-state index in [0.29, 0.717) is 0 Å². The Bertz CT molecular complexity index is 467. The van der Waals surface area contributed by atoms with E-state index < -0.39 is 11.4 Å². The first kappa shape index (κ1) is 14.9. The van der Waals surface area contributed by atoms with Gasteiger partial charge < -0.3 is 10.2 Å². The number of carbonyl (C=O) groups is 1. The molecule has 2 rings (SSSR count). The van der Waals surface area contributed by atoms with Crippen LogP contribution in [-0.4, -0.2) is 34.2 Å². The van der Waals surface area contributed by atoms with Crippen molar-refractivity contribution in [2.75, 3.05) is 13.1 Å². The standard InChI is InChI=1S/C16H23NO3/c1-16(2,15(19)20)13-4-3-9-17(11-13)10-12-5-7-14(18)8-6-12/h5-8,13,18H,3-4,9-11H2,1-2H3,(H,19,20). The molecular weight excluding hydrogens is 254 g/mol. The number of rotatable bonds is 4. The maximum absolute atomic E-state index is 11.4. The van der Waals surface area contributed by atoms with Crippen molar-refractivity contribution in [3.63, 3.8) is 0 Å². The van der Waals surface area contributed by atoms with Crippen molar-refractivity contribution in [2.45, 2.75) is 33.2 Å². The van der Waals surface area contributed by atoms with Gasteiger partial charge in [0.15, 0.2) is 0 Å². The molecule has 0 amide bonds. The highest BCUT2D eigenvalue weighted by Gasteiger charge is 2.38. The summed E-state index contributed by atoms with van der Waals surface area (Å²) in [6.07, 6.45) is 2.02. The average molecular weight is 277 g/mol. The molecule has 0 spiro atoms. The molecule has 1 aromatic carbocycles. The SMILES string of the molecule is CC(C)(C(=O)O)C1CCCN(Cc2ccc(O)cc2)C1. The predicted molar refractivity (Wildman–Crippen MR) is 77.5 cm³/mol. The van der Waals surface area contributed by atoms with Crippen LogP contribution in [0.2, 0.25) is 0 Å². The van der Waals surface area contributed by atoms with E-state index >= 15 is 0 Å². The lowest BCUT2D eigenvalue weighted by Crippen LogP contribution is -2.44. The summed E-state index contributed by atoms with van der Waals surface area (Å²) in [5.41, 5.74) is 0.477. The van der Waals surface area contributed by atoms with Crippen LogP contribution in [0, 0.1) is 11.3 Å². The Kier molecular flexibility index (Phi) is 4.33. The van der Waals surface area contributed by atoms with E-state index in [0.717, 1.165) is 38.0 Å². The molecule has 20 heavy (non-hydrogen) atoms. The quantitative estimate of drug-likeness (QED) is 0.888. The number of piperidine rings is 1. The normalized spacial score (nSPS) is 20.8. The van der Waals surface area contributed by atoms with Crippen LogP contribution in [0.1, 0.15) is 32.3 Å². The summed E-state index contributed by atoms with van der Waals surface area (Å²) in [7, 11) is 0. The van der Waals surface area contributed by atoms with Crippen molar-refractivity contribution in [2.24, 2.45) is 11.3 Å². The molecule has 1 heterocycles. The smallest absolute Gasteiger partial charge is 0.309 e. The first-order valence-corrected chi connectivity index (χ1v) is 7.13. The van der Waals surface area contributed by atoms with Gasteiger partial charge in [-0.1, -0.05) is 12.1 Å². The van der Waals surface area contributed by atoms with Gasteiger partial charge in [-0.05, 0) is 56.8 Å². The molecule has 1 aromatic rings. The Hall–Kier alpha value is -1.55. The van der Waals surface area contributed by atoms with Crippen LogP contribution in [0.3, 0.4) is 0 Å². The minimum atomic E-state index is -0.714. The first-order valence-electron chi connectivity index (χ1n) is 7.13. The number of carboxylic acid groups (broad SMARTS) is 1. The first-order chi connectivity index (χ1) is 9.39. The summed E-state index contributed by atoms with van der Waals surface area (Å²) in [5.74, 6) is -0.253. The van der Waals surface area contributed by atoms with Gasteiger partial charge in [0.25, 0.3) is 0 Å². The summed E-state index contributed by atoms with van der Waals surface area (Å²) in [6, 6.07) is 7.22. The third kappa shape index (κ3) is 3.31. The van der Waals surface area contributed by atoms with Gasteiger partial charge in [0.1, 0.15) is 5.75 Å². The van der Waals surface area contributed by atoms with Gasteiger partial charge in [-0.3, -0.25) is 9.69 Å². The minimum Gasteiger partial charge on any atom is -0.508 e. The van der Waals surface area contributed by atoms with Gasteiger partial charge in [0.05, 0.1) is 5.41 Å². The Morgan fingerprint density at radius 2 is 2.00 bits per heavy atom. The number of hydrogen-bond donors (Lipinski definition) is 2. The Morgan fingerprint density at radius 3 is 2.60 bits per heavy atom. The minimum absolute atomic E-state index is 0.186. The Balaban J connectivity index is 2.00. The highest BCUT2D eigenvalue weighted by Crippen LogP contribution is 2.34. The van der Waals surface area contributed by atoms with Crippen molar-refractivity contribution in [3.8, 4) is 5.75 Å². The van der Waals surface area contributed by atoms with E-state index in [1.807, 2.05) is 26.0 Å². The maximum atomic E-state index is 11.4. The van der Waals surface area contributed by atoms with E-state index in [1.165, 1.54) is 0 Å². The fourth-order valence-corrected chi connectivity index (χ4v) is 2.82. The molecule has 1 unspecified atom stereocenters. The molecule has 0 aliphatic carbocycles. The van der Waals surface area contributed by atoms with E-state index in [9.17, 15) is 15.0 Å². The van der Waals surface area contributed by atoms with Crippen LogP contribution in [0.5, 0.6) is 5.75 Å². The van der Waals surface area contributed by atoms with E-state index in [4.69, 9.17) is 0 Å². The summed E-state index contributed by atoms with van der Waals surface area (Å²) in [6.45, 7) is 6.29. The Morgan fingerprint density at radius 1 is 1.35 bits per heavy atom. The molecule has 0 bridgehead atoms. The molecule has 4 heteroatoms. The zero-order chi connectivity index (χ0) is 14.8. The van der Waals surface area contributed by atoms with Crippen molar-refractivity contribution >= 4 is 5.97 Å². The molecule has 1 aliphatic heterocycles. The maximum Gasteiger partial charge on any atom is 0.309 e. The topological polar surface area (TPSA) is 60.8 Å². The van der Waals surface area contributed by atoms with Crippen LogP contribution in [0.15, 0.2) is 24.3 Å². The number of likely N-dealkylation sites (tertiary alicyclic amines) is 1. The molecular formula is C16H23NO3. The van der Waals surface area contributed by atoms with Crippen LogP contribution >= 0.6 is 0 Å². The van der Waals surface area contributed by atoms with Crippen molar-refractivity contribution in [3.05, 3.63) is 29.8 Å². The molecule has 2 N–H and O–H groups in total. The summed E-state index contributed by atoms with van der Waals surface area (Å²) in [5, 5.41) is 18.6. The van der Waals surface area contributed by atoms with Gasteiger partial charge in [-0.15, -0.1) is 0 Å². The van der Waals surface area contributed by atoms with E-state index in [2.05, 4.69) is 4.90 Å². The molecule has 0 saturated carbocycles. The number of phenolic OH excluding ortho intramolecular Hbond substituents is 1. The number of hydrogen-bond acceptors (Lipinski definition) is 3. The lowest BCUT2D eigenvalue weighted by atomic mass is 9.74. The number of nitrogens with zero attached hydrogens (tertiary/aromatic N) is 1. The second kappa shape index (κ2) is 5.83. The number of carboxylic acids is 1. The van der Waals surface area contributed by atoms with Crippen molar-refractivity contribution in [1.82, 2.24) is 4.90 Å². The van der Waals surface area contributed by atoms with Gasteiger partial charge in [-0.25, -0.2) is 0 Å². The average Bonchev–Trinajstić information content (AvgIpc) is 2.41. The lowest BCUT2D eigenvalue weighted by molar-refractivity contribution is -0.151. The summed E-state index contributed by atoms with van der Waals surface area (Å²) >= 11 is 0. The molecule has 1 saturated heterocycles. The van der Waals surface area contributed by atoms with Gasteiger partial charge >= 0.3 is 5.97 Å². The third-order valence-electron chi connectivity index (χ3n) is 4.42. The molecule has 4 nitrogen and oxygen atoms in total. The second-order valence-electron chi connectivity index (χ2n) is 6.27. The number of aliphatic carboxylic acids is 1. The molecule has 1 aliphatic rings. The van der Waals surface area contributed by atoms with Crippen LogP contribution in [0.25, 0.3) is 0 Å². The highest BCUT2D eigenvalue weighted by atomic mass is 16.4. The predicted octanol–water partition coefficient (Wildman–Crippen LogP) is 2.72. The van der Waals surface area contributed by atoms with E-state index in [1.54, 1.807) is 12.1 Å². The number of benzene rings is 1. The van der Waals surface area contributed by atoms with Gasteiger partial charge in [-0.2, -0.15) is 0 Å². The van der Waals surface area contributed by atoms with Crippen molar-refractivity contribution in [1.29, 1.82) is 0 Å². The second-order valence-corrected chi connectivity index (χ2v) is 6.27. The zero-order valence-electron chi connectivity index (χ0n) is 12.2. The molecule has 110 valence electrons. The summed E-state index contributed by atoms with van der Waals surface area (Å²) < 4.78 is 0. The fourth-order valence-electron chi connectivity index (χ4n) is 2.82. The van der Waals surface area contributed by atoms with E-state index in [-0.39, 0.29) is 11.7 Å². The fraction of sp³-hybridized carbons (Fsp3) is 0.562. The lowest BCUT2D eigenvalue weighted by Gasteiger charge is -2.39. The Labute approximate surface area is 120 Å². The van der Waals surface area contributed by atoms with Gasteiger partial charge in [0, 0.05) is 13.1 Å². The third-order valence-corrected chi connectivity index (χ3v) is 4.42. The zero-order valence-corrected chi connectivity index (χ0v) is 12.2. The highest BCUT2D eigenvalue weighted by molar-refractivity contribution is 5.74. The largest absolute Gasteiger partial charge is 0.508 e. The van der Waals surface area contributed by atoms with Crippen molar-refractivity contribution < 1.29 is 15.0 Å². The molecule has 0 aromatic heterocycles. The van der Waals surface area contributed by atoms with Gasteiger partial charge in [0.2, 0.25) is 0 Å². The number of aromatic hydroxyl groups is 1. The molecule has 0 radical (unpaired) electrons. The molecule has 1 fully saturated rings. The monoisotopic (exact) mass is 277 g/mol.